The van der Waals surface area contributed by atoms with Crippen molar-refractivity contribution < 1.29 is 19.7 Å². The topological polar surface area (TPSA) is 66.8 Å². The van der Waals surface area contributed by atoms with Crippen molar-refractivity contribution in [2.45, 2.75) is 44.8 Å². The van der Waals surface area contributed by atoms with Gasteiger partial charge in [0.05, 0.1) is 6.10 Å². The van der Waals surface area contributed by atoms with Gasteiger partial charge in [0.25, 0.3) is 0 Å². The molecule has 4 heteroatoms. The summed E-state index contributed by atoms with van der Waals surface area (Å²) in [5, 5.41) is 19.1. The Morgan fingerprint density at radius 2 is 2.29 bits per heavy atom. The second-order valence-corrected chi connectivity index (χ2v) is 3.95. The summed E-state index contributed by atoms with van der Waals surface area (Å²) in [6, 6.07) is 0. The van der Waals surface area contributed by atoms with E-state index >= 15 is 0 Å². The van der Waals surface area contributed by atoms with E-state index in [0.717, 1.165) is 0 Å². The van der Waals surface area contributed by atoms with Crippen LogP contribution in [0.1, 0.15) is 33.1 Å². The van der Waals surface area contributed by atoms with Crippen LogP contribution >= 0.6 is 0 Å². The van der Waals surface area contributed by atoms with Crippen LogP contribution in [0.5, 0.6) is 0 Å². The summed E-state index contributed by atoms with van der Waals surface area (Å²) in [6.07, 6.45) is 1.42. The van der Waals surface area contributed by atoms with Crippen molar-refractivity contribution in [1.82, 2.24) is 0 Å². The number of rotatable bonds is 4. The van der Waals surface area contributed by atoms with Crippen LogP contribution in [0.25, 0.3) is 0 Å². The SMILES string of the molecule is CCCC(O)(C(=O)O)C1CCOC1C. The fraction of sp³-hybridized carbons (Fsp3) is 0.900. The van der Waals surface area contributed by atoms with Crippen LogP contribution in [0.2, 0.25) is 0 Å². The van der Waals surface area contributed by atoms with Gasteiger partial charge in [0.15, 0.2) is 5.60 Å². The molecule has 0 saturated carbocycles. The maximum absolute atomic E-state index is 11.0. The Labute approximate surface area is 83.9 Å². The maximum atomic E-state index is 11.0. The van der Waals surface area contributed by atoms with Gasteiger partial charge < -0.3 is 14.9 Å². The van der Waals surface area contributed by atoms with E-state index in [9.17, 15) is 9.90 Å². The van der Waals surface area contributed by atoms with Crippen molar-refractivity contribution in [2.24, 2.45) is 5.92 Å². The van der Waals surface area contributed by atoms with Crippen molar-refractivity contribution in [3.63, 3.8) is 0 Å². The summed E-state index contributed by atoms with van der Waals surface area (Å²) in [4.78, 5) is 11.0. The van der Waals surface area contributed by atoms with Crippen LogP contribution in [0.3, 0.4) is 0 Å². The molecule has 1 aliphatic rings. The molecule has 0 amide bonds. The van der Waals surface area contributed by atoms with E-state index < -0.39 is 11.6 Å². The molecule has 0 spiro atoms. The van der Waals surface area contributed by atoms with E-state index in [1.165, 1.54) is 0 Å². The largest absolute Gasteiger partial charge is 0.479 e. The lowest BCUT2D eigenvalue weighted by atomic mass is 9.80. The molecule has 0 bridgehead atoms. The minimum absolute atomic E-state index is 0.164. The number of carboxylic acids is 1. The molecular formula is C10H18O4. The zero-order chi connectivity index (χ0) is 10.8. The minimum atomic E-state index is -1.61. The number of ether oxygens (including phenoxy) is 1. The number of hydrogen-bond donors (Lipinski definition) is 2. The first-order valence-corrected chi connectivity index (χ1v) is 5.09. The van der Waals surface area contributed by atoms with Gasteiger partial charge in [-0.05, 0) is 19.8 Å². The van der Waals surface area contributed by atoms with Crippen molar-refractivity contribution >= 4 is 5.97 Å². The average molecular weight is 202 g/mol. The molecule has 3 unspecified atom stereocenters. The second kappa shape index (κ2) is 4.28. The number of hydrogen-bond acceptors (Lipinski definition) is 3. The minimum Gasteiger partial charge on any atom is -0.479 e. The number of aliphatic carboxylic acids is 1. The van der Waals surface area contributed by atoms with Gasteiger partial charge in [-0.3, -0.25) is 0 Å². The number of carbonyl (C=O) groups is 1. The monoisotopic (exact) mass is 202 g/mol. The van der Waals surface area contributed by atoms with Gasteiger partial charge in [-0.1, -0.05) is 13.3 Å². The van der Waals surface area contributed by atoms with Crippen LogP contribution in [-0.4, -0.2) is 34.5 Å². The third-order valence-electron chi connectivity index (χ3n) is 2.99. The highest BCUT2D eigenvalue weighted by atomic mass is 16.5. The molecule has 1 heterocycles. The molecule has 14 heavy (non-hydrogen) atoms. The van der Waals surface area contributed by atoms with Crippen LogP contribution in [0.15, 0.2) is 0 Å². The molecule has 82 valence electrons. The molecule has 0 aliphatic carbocycles. The molecule has 1 rings (SSSR count). The Morgan fingerprint density at radius 1 is 1.64 bits per heavy atom. The quantitative estimate of drug-likeness (QED) is 0.714. The molecule has 0 aromatic carbocycles. The molecule has 0 radical (unpaired) electrons. The van der Waals surface area contributed by atoms with E-state index in [2.05, 4.69) is 0 Å². The highest BCUT2D eigenvalue weighted by Crippen LogP contribution is 2.34. The van der Waals surface area contributed by atoms with E-state index in [4.69, 9.17) is 9.84 Å². The lowest BCUT2D eigenvalue weighted by Crippen LogP contribution is -2.48. The summed E-state index contributed by atoms with van der Waals surface area (Å²) in [6.45, 7) is 4.24. The highest BCUT2D eigenvalue weighted by Gasteiger charge is 2.48. The molecule has 0 aromatic heterocycles. The first kappa shape index (κ1) is 11.5. The summed E-state index contributed by atoms with van der Waals surface area (Å²) < 4.78 is 5.28. The van der Waals surface area contributed by atoms with Gasteiger partial charge in [-0.15, -0.1) is 0 Å². The van der Waals surface area contributed by atoms with E-state index in [1.54, 1.807) is 0 Å². The van der Waals surface area contributed by atoms with Crippen LogP contribution < -0.4 is 0 Å². The lowest BCUT2D eigenvalue weighted by molar-refractivity contribution is -0.168. The zero-order valence-electron chi connectivity index (χ0n) is 8.69. The van der Waals surface area contributed by atoms with Gasteiger partial charge in [0.2, 0.25) is 0 Å². The predicted octanol–water partition coefficient (Wildman–Crippen LogP) is 1.03. The summed E-state index contributed by atoms with van der Waals surface area (Å²) in [5.74, 6) is -1.40. The van der Waals surface area contributed by atoms with Crippen molar-refractivity contribution in [1.29, 1.82) is 0 Å². The number of aliphatic hydroxyl groups is 1. The molecular weight excluding hydrogens is 184 g/mol. The predicted molar refractivity (Wildman–Crippen MR) is 51.0 cm³/mol. The van der Waals surface area contributed by atoms with Gasteiger partial charge in [0.1, 0.15) is 0 Å². The van der Waals surface area contributed by atoms with E-state index in [1.807, 2.05) is 13.8 Å². The molecule has 1 saturated heterocycles. The van der Waals surface area contributed by atoms with Gasteiger partial charge >= 0.3 is 5.97 Å². The van der Waals surface area contributed by atoms with E-state index in [0.29, 0.717) is 25.9 Å². The second-order valence-electron chi connectivity index (χ2n) is 3.95. The molecule has 1 aliphatic heterocycles. The van der Waals surface area contributed by atoms with Gasteiger partial charge in [-0.25, -0.2) is 4.79 Å². The van der Waals surface area contributed by atoms with Crippen molar-refractivity contribution in [3.8, 4) is 0 Å². The maximum Gasteiger partial charge on any atom is 0.336 e. The molecule has 1 fully saturated rings. The highest BCUT2D eigenvalue weighted by molar-refractivity contribution is 5.77. The van der Waals surface area contributed by atoms with Gasteiger partial charge in [-0.2, -0.15) is 0 Å². The Kier molecular flexibility index (Phi) is 3.50. The Balaban J connectivity index is 2.80. The van der Waals surface area contributed by atoms with Crippen LogP contribution in [-0.2, 0) is 9.53 Å². The van der Waals surface area contributed by atoms with Crippen molar-refractivity contribution in [3.05, 3.63) is 0 Å². The smallest absolute Gasteiger partial charge is 0.336 e. The molecule has 4 nitrogen and oxygen atoms in total. The Hall–Kier alpha value is -0.610. The first-order valence-electron chi connectivity index (χ1n) is 5.09. The standard InChI is InChI=1S/C10H18O4/c1-3-5-10(13,9(11)12)8-4-6-14-7(8)2/h7-8,13H,3-6H2,1-2H3,(H,11,12). The normalized spacial score (nSPS) is 31.4. The third kappa shape index (κ3) is 1.91. The van der Waals surface area contributed by atoms with Crippen molar-refractivity contribution in [2.75, 3.05) is 6.61 Å². The van der Waals surface area contributed by atoms with Crippen LogP contribution in [0, 0.1) is 5.92 Å². The van der Waals surface area contributed by atoms with Crippen LogP contribution in [0.4, 0.5) is 0 Å². The van der Waals surface area contributed by atoms with E-state index in [-0.39, 0.29) is 12.0 Å². The summed E-state index contributed by atoms with van der Waals surface area (Å²) in [5.41, 5.74) is -1.61. The fourth-order valence-electron chi connectivity index (χ4n) is 2.19. The first-order chi connectivity index (χ1) is 6.52. The zero-order valence-corrected chi connectivity index (χ0v) is 8.69. The summed E-state index contributed by atoms with van der Waals surface area (Å²) in [7, 11) is 0. The average Bonchev–Trinajstić information content (AvgIpc) is 2.51. The molecule has 0 aromatic rings. The third-order valence-corrected chi connectivity index (χ3v) is 2.99. The summed E-state index contributed by atoms with van der Waals surface area (Å²) >= 11 is 0. The molecule has 3 atom stereocenters. The number of carboxylic acid groups (broad SMARTS) is 1. The lowest BCUT2D eigenvalue weighted by Gasteiger charge is -2.31. The Bertz CT molecular complexity index is 216. The fourth-order valence-corrected chi connectivity index (χ4v) is 2.19. The molecule has 2 N–H and O–H groups in total. The Morgan fingerprint density at radius 3 is 2.64 bits per heavy atom. The van der Waals surface area contributed by atoms with Gasteiger partial charge in [0, 0.05) is 12.5 Å².